The molecule has 0 fully saturated rings. The zero-order chi connectivity index (χ0) is 13.1. The van der Waals surface area contributed by atoms with E-state index in [4.69, 9.17) is 5.11 Å². The Balaban J connectivity index is 2.72. The summed E-state index contributed by atoms with van der Waals surface area (Å²) < 4.78 is 36.1. The van der Waals surface area contributed by atoms with E-state index < -0.39 is 18.6 Å². The van der Waals surface area contributed by atoms with Gasteiger partial charge < -0.3 is 10.0 Å². The minimum absolute atomic E-state index is 0.0568. The van der Waals surface area contributed by atoms with Crippen molar-refractivity contribution < 1.29 is 23.1 Å². The van der Waals surface area contributed by atoms with Crippen molar-refractivity contribution in [3.63, 3.8) is 0 Å². The van der Waals surface area contributed by atoms with Crippen LogP contribution in [-0.4, -0.2) is 30.8 Å². The van der Waals surface area contributed by atoms with Gasteiger partial charge in [-0.2, -0.15) is 13.2 Å². The fraction of sp³-hybridized carbons (Fsp3) is 0.364. The number of carboxylic acid groups (broad SMARTS) is 1. The lowest BCUT2D eigenvalue weighted by Gasteiger charge is -2.20. The molecule has 3 nitrogen and oxygen atoms in total. The third-order valence-corrected chi connectivity index (χ3v) is 2.26. The molecule has 0 bridgehead atoms. The van der Waals surface area contributed by atoms with E-state index in [1.165, 1.54) is 30.1 Å². The Morgan fingerprint density at radius 1 is 1.41 bits per heavy atom. The van der Waals surface area contributed by atoms with E-state index in [-0.39, 0.29) is 12.1 Å². The number of carboxylic acids is 1. The molecule has 1 aromatic carbocycles. The Bertz CT molecular complexity index is 404. The van der Waals surface area contributed by atoms with Gasteiger partial charge in [-0.05, 0) is 18.2 Å². The number of carbonyl (C=O) groups is 1. The molecule has 17 heavy (non-hydrogen) atoms. The van der Waals surface area contributed by atoms with Gasteiger partial charge in [0.1, 0.15) is 0 Å². The van der Waals surface area contributed by atoms with E-state index in [0.29, 0.717) is 5.69 Å². The van der Waals surface area contributed by atoms with Gasteiger partial charge in [-0.15, -0.1) is 0 Å². The maximum Gasteiger partial charge on any atom is 0.390 e. The first kappa shape index (κ1) is 13.3. The van der Waals surface area contributed by atoms with Crippen molar-refractivity contribution in [3.05, 3.63) is 29.8 Å². The Hall–Kier alpha value is -1.72. The lowest BCUT2D eigenvalue weighted by Crippen LogP contribution is -2.24. The van der Waals surface area contributed by atoms with Crippen molar-refractivity contribution in [1.82, 2.24) is 0 Å². The predicted octanol–water partition coefficient (Wildman–Crippen LogP) is 2.77. The number of hydrogen-bond acceptors (Lipinski definition) is 2. The van der Waals surface area contributed by atoms with Crippen LogP contribution >= 0.6 is 0 Å². The van der Waals surface area contributed by atoms with Crippen LogP contribution in [0.15, 0.2) is 24.3 Å². The van der Waals surface area contributed by atoms with Crippen LogP contribution in [0.25, 0.3) is 0 Å². The van der Waals surface area contributed by atoms with Gasteiger partial charge in [-0.1, -0.05) is 6.07 Å². The van der Waals surface area contributed by atoms with Crippen molar-refractivity contribution in [2.75, 3.05) is 18.5 Å². The summed E-state index contributed by atoms with van der Waals surface area (Å²) in [6.45, 7) is -0.202. The SMILES string of the molecule is CN(CCC(F)(F)F)c1cccc(C(=O)O)c1. The number of benzene rings is 1. The second kappa shape index (κ2) is 5.07. The van der Waals surface area contributed by atoms with Gasteiger partial charge >= 0.3 is 12.1 Å². The summed E-state index contributed by atoms with van der Waals surface area (Å²) in [5.74, 6) is -1.10. The number of alkyl halides is 3. The normalized spacial score (nSPS) is 11.3. The molecule has 0 aliphatic heterocycles. The molecule has 94 valence electrons. The summed E-state index contributed by atoms with van der Waals surface area (Å²) >= 11 is 0. The van der Waals surface area contributed by atoms with Crippen LogP contribution in [-0.2, 0) is 0 Å². The lowest BCUT2D eigenvalue weighted by molar-refractivity contribution is -0.132. The molecule has 0 radical (unpaired) electrons. The molecule has 0 aromatic heterocycles. The molecule has 0 aliphatic rings. The Labute approximate surface area is 96.5 Å². The lowest BCUT2D eigenvalue weighted by atomic mass is 10.2. The van der Waals surface area contributed by atoms with Crippen molar-refractivity contribution in [2.45, 2.75) is 12.6 Å². The topological polar surface area (TPSA) is 40.5 Å². The van der Waals surface area contributed by atoms with E-state index in [1.54, 1.807) is 6.07 Å². The molecule has 0 spiro atoms. The molecular weight excluding hydrogens is 235 g/mol. The highest BCUT2D eigenvalue weighted by Crippen LogP contribution is 2.22. The van der Waals surface area contributed by atoms with Gasteiger partial charge in [0.05, 0.1) is 12.0 Å². The maximum atomic E-state index is 12.0. The molecular formula is C11H12F3NO2. The molecule has 0 amide bonds. The van der Waals surface area contributed by atoms with Crippen LogP contribution < -0.4 is 4.90 Å². The summed E-state index contributed by atoms with van der Waals surface area (Å²) in [5, 5.41) is 8.75. The quantitative estimate of drug-likeness (QED) is 0.889. The number of nitrogens with zero attached hydrogens (tertiary/aromatic N) is 1. The summed E-state index contributed by atoms with van der Waals surface area (Å²) in [4.78, 5) is 12.1. The second-order valence-corrected chi connectivity index (χ2v) is 3.64. The van der Waals surface area contributed by atoms with Crippen molar-refractivity contribution >= 4 is 11.7 Å². The van der Waals surface area contributed by atoms with E-state index >= 15 is 0 Å². The van der Waals surface area contributed by atoms with E-state index in [1.807, 2.05) is 0 Å². The fourth-order valence-electron chi connectivity index (χ4n) is 1.30. The molecule has 1 rings (SSSR count). The fourth-order valence-corrected chi connectivity index (χ4v) is 1.30. The second-order valence-electron chi connectivity index (χ2n) is 3.64. The molecule has 0 heterocycles. The van der Waals surface area contributed by atoms with Gasteiger partial charge in [0.15, 0.2) is 0 Å². The summed E-state index contributed by atoms with van der Waals surface area (Å²) in [5.41, 5.74) is 0.510. The molecule has 0 saturated heterocycles. The van der Waals surface area contributed by atoms with E-state index in [9.17, 15) is 18.0 Å². The zero-order valence-electron chi connectivity index (χ0n) is 9.16. The molecule has 0 saturated carbocycles. The highest BCUT2D eigenvalue weighted by molar-refractivity contribution is 5.88. The monoisotopic (exact) mass is 247 g/mol. The number of aromatic carboxylic acids is 1. The highest BCUT2D eigenvalue weighted by atomic mass is 19.4. The summed E-state index contributed by atoms with van der Waals surface area (Å²) in [7, 11) is 1.49. The van der Waals surface area contributed by atoms with Gasteiger partial charge in [0, 0.05) is 19.3 Å². The average molecular weight is 247 g/mol. The standard InChI is InChI=1S/C11H12F3NO2/c1-15(6-5-11(12,13)14)9-4-2-3-8(7-9)10(16)17/h2-4,7H,5-6H2,1H3,(H,16,17). The maximum absolute atomic E-state index is 12.0. The molecule has 0 unspecified atom stereocenters. The Kier molecular flexibility index (Phi) is 3.98. The highest BCUT2D eigenvalue weighted by Gasteiger charge is 2.27. The smallest absolute Gasteiger partial charge is 0.390 e. The molecule has 1 N–H and O–H groups in total. The van der Waals surface area contributed by atoms with Crippen molar-refractivity contribution in [3.8, 4) is 0 Å². The van der Waals surface area contributed by atoms with Crippen molar-refractivity contribution in [2.24, 2.45) is 0 Å². The Morgan fingerprint density at radius 3 is 2.59 bits per heavy atom. The zero-order valence-corrected chi connectivity index (χ0v) is 9.16. The van der Waals surface area contributed by atoms with E-state index in [0.717, 1.165) is 0 Å². The number of hydrogen-bond donors (Lipinski definition) is 1. The summed E-state index contributed by atoms with van der Waals surface area (Å²) in [6.07, 6.45) is -5.14. The van der Waals surface area contributed by atoms with Crippen LogP contribution in [0.1, 0.15) is 16.8 Å². The van der Waals surface area contributed by atoms with Gasteiger partial charge in [0.25, 0.3) is 0 Å². The molecule has 0 atom stereocenters. The summed E-state index contributed by atoms with van der Waals surface area (Å²) in [6, 6.07) is 5.81. The van der Waals surface area contributed by atoms with E-state index in [2.05, 4.69) is 0 Å². The first-order valence-corrected chi connectivity index (χ1v) is 4.91. The molecule has 6 heteroatoms. The van der Waals surface area contributed by atoms with Gasteiger partial charge in [-0.3, -0.25) is 0 Å². The molecule has 1 aromatic rings. The molecule has 0 aliphatic carbocycles. The van der Waals surface area contributed by atoms with Gasteiger partial charge in [0.2, 0.25) is 0 Å². The largest absolute Gasteiger partial charge is 0.478 e. The van der Waals surface area contributed by atoms with Gasteiger partial charge in [-0.25, -0.2) is 4.79 Å². The Morgan fingerprint density at radius 2 is 2.06 bits per heavy atom. The predicted molar refractivity (Wildman–Crippen MR) is 57.3 cm³/mol. The first-order valence-electron chi connectivity index (χ1n) is 4.91. The minimum Gasteiger partial charge on any atom is -0.478 e. The number of anilines is 1. The van der Waals surface area contributed by atoms with Crippen LogP contribution in [0, 0.1) is 0 Å². The van der Waals surface area contributed by atoms with Crippen LogP contribution in [0.5, 0.6) is 0 Å². The van der Waals surface area contributed by atoms with Crippen molar-refractivity contribution in [1.29, 1.82) is 0 Å². The van der Waals surface area contributed by atoms with Crippen LogP contribution in [0.2, 0.25) is 0 Å². The average Bonchev–Trinajstić information content (AvgIpc) is 2.25. The minimum atomic E-state index is -4.21. The third kappa shape index (κ3) is 4.34. The number of rotatable bonds is 4. The third-order valence-electron chi connectivity index (χ3n) is 2.26. The first-order chi connectivity index (χ1) is 7.79. The van der Waals surface area contributed by atoms with Crippen LogP contribution in [0.3, 0.4) is 0 Å². The number of halogens is 3. The van der Waals surface area contributed by atoms with Crippen LogP contribution in [0.4, 0.5) is 18.9 Å².